The van der Waals surface area contributed by atoms with Crippen LogP contribution in [-0.2, 0) is 16.0 Å². The molecule has 5 heteroatoms. The molecule has 0 aliphatic heterocycles. The summed E-state index contributed by atoms with van der Waals surface area (Å²) in [6.07, 6.45) is 3.10. The number of nitrogens with one attached hydrogen (secondary N) is 1. The number of anilines is 1. The third kappa shape index (κ3) is 5.77. The van der Waals surface area contributed by atoms with Gasteiger partial charge in [0.25, 0.3) is 0 Å². The van der Waals surface area contributed by atoms with Crippen LogP contribution in [-0.4, -0.2) is 24.6 Å². The SMILES string of the molecule is COCCCCC(=O)Nc1nc(C)c(Cc2ccc(C)cc2)s1. The number of carbonyl (C=O) groups excluding carboxylic acids is 1. The lowest BCUT2D eigenvalue weighted by atomic mass is 10.1. The Bertz CT molecular complexity index is 635. The quantitative estimate of drug-likeness (QED) is 0.740. The maximum Gasteiger partial charge on any atom is 0.226 e. The zero-order valence-electron chi connectivity index (χ0n) is 14.0. The molecule has 0 atom stereocenters. The van der Waals surface area contributed by atoms with Gasteiger partial charge in [0.1, 0.15) is 0 Å². The fraction of sp³-hybridized carbons (Fsp3) is 0.444. The lowest BCUT2D eigenvalue weighted by Crippen LogP contribution is -2.11. The van der Waals surface area contributed by atoms with Crippen molar-refractivity contribution in [3.63, 3.8) is 0 Å². The summed E-state index contributed by atoms with van der Waals surface area (Å²) < 4.78 is 4.98. The molecule has 23 heavy (non-hydrogen) atoms. The molecule has 0 unspecified atom stereocenters. The number of thiazole rings is 1. The lowest BCUT2D eigenvalue weighted by molar-refractivity contribution is -0.116. The van der Waals surface area contributed by atoms with Crippen molar-refractivity contribution >= 4 is 22.4 Å². The van der Waals surface area contributed by atoms with Crippen molar-refractivity contribution in [2.24, 2.45) is 0 Å². The molecule has 0 spiro atoms. The van der Waals surface area contributed by atoms with Crippen LogP contribution in [0.5, 0.6) is 0 Å². The second-order valence-corrected chi connectivity index (χ2v) is 6.77. The first kappa shape index (κ1) is 17.6. The summed E-state index contributed by atoms with van der Waals surface area (Å²) in [5.41, 5.74) is 3.52. The molecule has 0 bridgehead atoms. The summed E-state index contributed by atoms with van der Waals surface area (Å²) >= 11 is 1.56. The van der Waals surface area contributed by atoms with E-state index in [4.69, 9.17) is 4.74 Å². The highest BCUT2D eigenvalue weighted by atomic mass is 32.1. The molecule has 124 valence electrons. The average molecular weight is 332 g/mol. The fourth-order valence-corrected chi connectivity index (χ4v) is 3.26. The zero-order valence-corrected chi connectivity index (χ0v) is 14.8. The van der Waals surface area contributed by atoms with E-state index in [1.165, 1.54) is 16.0 Å². The number of aromatic nitrogens is 1. The Balaban J connectivity index is 1.90. The van der Waals surface area contributed by atoms with Gasteiger partial charge in [-0.2, -0.15) is 0 Å². The van der Waals surface area contributed by atoms with Gasteiger partial charge < -0.3 is 10.1 Å². The summed E-state index contributed by atoms with van der Waals surface area (Å²) in [5.74, 6) is 0.0248. The number of hydrogen-bond donors (Lipinski definition) is 1. The summed E-state index contributed by atoms with van der Waals surface area (Å²) in [4.78, 5) is 17.6. The van der Waals surface area contributed by atoms with E-state index in [0.717, 1.165) is 25.0 Å². The Labute approximate surface area is 141 Å². The number of ether oxygens (including phenoxy) is 1. The summed E-state index contributed by atoms with van der Waals surface area (Å²) in [6.45, 7) is 4.78. The summed E-state index contributed by atoms with van der Waals surface area (Å²) in [5, 5.41) is 3.60. The standard InChI is InChI=1S/C18H24N2O2S/c1-13-7-9-15(10-8-13)12-16-14(2)19-18(23-16)20-17(21)6-4-5-11-22-3/h7-10H,4-6,11-12H2,1-3H3,(H,19,20,21). The average Bonchev–Trinajstić information content (AvgIpc) is 2.85. The third-order valence-electron chi connectivity index (χ3n) is 3.63. The first-order valence-corrected chi connectivity index (χ1v) is 8.71. The number of aryl methyl sites for hydroxylation is 2. The molecule has 2 aromatic rings. The number of nitrogens with zero attached hydrogens (tertiary/aromatic N) is 1. The summed E-state index contributed by atoms with van der Waals surface area (Å²) in [6, 6.07) is 8.52. The van der Waals surface area contributed by atoms with Crippen LogP contribution in [0.4, 0.5) is 5.13 Å². The van der Waals surface area contributed by atoms with Crippen molar-refractivity contribution in [1.82, 2.24) is 4.98 Å². The minimum absolute atomic E-state index is 0.0248. The van der Waals surface area contributed by atoms with Crippen LogP contribution < -0.4 is 5.32 Å². The first-order chi connectivity index (χ1) is 11.1. The monoisotopic (exact) mass is 332 g/mol. The van der Waals surface area contributed by atoms with Crippen LogP contribution in [0.3, 0.4) is 0 Å². The minimum Gasteiger partial charge on any atom is -0.385 e. The minimum atomic E-state index is 0.0248. The van der Waals surface area contributed by atoms with Crippen molar-refractivity contribution < 1.29 is 9.53 Å². The molecule has 1 amide bonds. The maximum atomic E-state index is 11.9. The van der Waals surface area contributed by atoms with Gasteiger partial charge in [0.15, 0.2) is 5.13 Å². The molecular formula is C18H24N2O2S. The van der Waals surface area contributed by atoms with Crippen molar-refractivity contribution in [3.05, 3.63) is 46.0 Å². The maximum absolute atomic E-state index is 11.9. The van der Waals surface area contributed by atoms with Crippen LogP contribution >= 0.6 is 11.3 Å². The number of unbranched alkanes of at least 4 members (excludes halogenated alkanes) is 1. The van der Waals surface area contributed by atoms with E-state index in [9.17, 15) is 4.79 Å². The van der Waals surface area contributed by atoms with Gasteiger partial charge in [0.05, 0.1) is 5.69 Å². The Morgan fingerprint density at radius 3 is 2.65 bits per heavy atom. The predicted molar refractivity (Wildman–Crippen MR) is 95.2 cm³/mol. The summed E-state index contributed by atoms with van der Waals surface area (Å²) in [7, 11) is 1.67. The van der Waals surface area contributed by atoms with E-state index >= 15 is 0 Å². The molecule has 0 fully saturated rings. The van der Waals surface area contributed by atoms with E-state index in [1.807, 2.05) is 6.92 Å². The Kier molecular flexibility index (Phi) is 6.74. The molecule has 0 aliphatic rings. The highest BCUT2D eigenvalue weighted by Gasteiger charge is 2.11. The fourth-order valence-electron chi connectivity index (χ4n) is 2.25. The lowest BCUT2D eigenvalue weighted by Gasteiger charge is -2.01. The van der Waals surface area contributed by atoms with Crippen LogP contribution in [0.25, 0.3) is 0 Å². The number of carbonyl (C=O) groups is 1. The van der Waals surface area contributed by atoms with Gasteiger partial charge in [-0.3, -0.25) is 4.79 Å². The van der Waals surface area contributed by atoms with E-state index in [0.29, 0.717) is 18.2 Å². The molecule has 1 heterocycles. The van der Waals surface area contributed by atoms with Gasteiger partial charge in [-0.25, -0.2) is 4.98 Å². The number of hydrogen-bond acceptors (Lipinski definition) is 4. The van der Waals surface area contributed by atoms with Crippen LogP contribution in [0.1, 0.15) is 41.0 Å². The van der Waals surface area contributed by atoms with Gasteiger partial charge in [0, 0.05) is 31.4 Å². The van der Waals surface area contributed by atoms with Crippen LogP contribution in [0.15, 0.2) is 24.3 Å². The Morgan fingerprint density at radius 1 is 1.22 bits per heavy atom. The smallest absolute Gasteiger partial charge is 0.226 e. The van der Waals surface area contributed by atoms with E-state index in [2.05, 4.69) is 41.5 Å². The zero-order chi connectivity index (χ0) is 16.7. The van der Waals surface area contributed by atoms with Gasteiger partial charge in [0.2, 0.25) is 5.91 Å². The highest BCUT2D eigenvalue weighted by Crippen LogP contribution is 2.25. The van der Waals surface area contributed by atoms with Crippen LogP contribution in [0.2, 0.25) is 0 Å². The topological polar surface area (TPSA) is 51.2 Å². The number of rotatable bonds is 8. The van der Waals surface area contributed by atoms with Crippen LogP contribution in [0, 0.1) is 13.8 Å². The third-order valence-corrected chi connectivity index (χ3v) is 4.70. The molecule has 0 saturated carbocycles. The highest BCUT2D eigenvalue weighted by molar-refractivity contribution is 7.15. The molecular weight excluding hydrogens is 308 g/mol. The number of amides is 1. The molecule has 0 aliphatic carbocycles. The van der Waals surface area contributed by atoms with Crippen molar-refractivity contribution in [2.75, 3.05) is 19.0 Å². The van der Waals surface area contributed by atoms with E-state index in [-0.39, 0.29) is 5.91 Å². The Hall–Kier alpha value is -1.72. The van der Waals surface area contributed by atoms with Gasteiger partial charge in [-0.05, 0) is 32.3 Å². The molecule has 2 rings (SSSR count). The van der Waals surface area contributed by atoms with Crippen molar-refractivity contribution in [2.45, 2.75) is 39.5 Å². The molecule has 0 radical (unpaired) electrons. The molecule has 4 nitrogen and oxygen atoms in total. The second kappa shape index (κ2) is 8.79. The van der Waals surface area contributed by atoms with E-state index in [1.54, 1.807) is 18.4 Å². The second-order valence-electron chi connectivity index (χ2n) is 5.69. The first-order valence-electron chi connectivity index (χ1n) is 7.89. The number of methoxy groups -OCH3 is 1. The van der Waals surface area contributed by atoms with Crippen molar-refractivity contribution in [3.8, 4) is 0 Å². The number of benzene rings is 1. The molecule has 1 aromatic heterocycles. The Morgan fingerprint density at radius 2 is 1.96 bits per heavy atom. The van der Waals surface area contributed by atoms with Gasteiger partial charge >= 0.3 is 0 Å². The molecule has 0 saturated heterocycles. The normalized spacial score (nSPS) is 10.7. The van der Waals surface area contributed by atoms with Gasteiger partial charge in [-0.1, -0.05) is 29.8 Å². The molecule has 1 aromatic carbocycles. The van der Waals surface area contributed by atoms with Crippen molar-refractivity contribution in [1.29, 1.82) is 0 Å². The van der Waals surface area contributed by atoms with Gasteiger partial charge in [-0.15, -0.1) is 11.3 Å². The largest absolute Gasteiger partial charge is 0.385 e. The molecule has 1 N–H and O–H groups in total. The predicted octanol–water partition coefficient (Wildman–Crippen LogP) is 4.11. The van der Waals surface area contributed by atoms with E-state index < -0.39 is 0 Å².